The summed E-state index contributed by atoms with van der Waals surface area (Å²) in [7, 11) is 0. The Labute approximate surface area is 164 Å². The molecule has 0 saturated carbocycles. The van der Waals surface area contributed by atoms with E-state index in [1.807, 2.05) is 0 Å². The number of nitrogens with one attached hydrogen (secondary N) is 2. The molecule has 29 heavy (non-hydrogen) atoms. The van der Waals surface area contributed by atoms with Crippen molar-refractivity contribution in [2.24, 2.45) is 9.98 Å². The Bertz CT molecular complexity index is 824. The highest BCUT2D eigenvalue weighted by molar-refractivity contribution is 6.23. The van der Waals surface area contributed by atoms with Crippen LogP contribution < -0.4 is 5.32 Å². The third-order valence-corrected chi connectivity index (χ3v) is 4.18. The zero-order valence-corrected chi connectivity index (χ0v) is 15.8. The monoisotopic (exact) mass is 409 g/mol. The first-order valence-electron chi connectivity index (χ1n) is 8.60. The van der Waals surface area contributed by atoms with Crippen LogP contribution in [0.5, 0.6) is 0 Å². The summed E-state index contributed by atoms with van der Waals surface area (Å²) in [5, 5.41) is 9.87. The Morgan fingerprint density at radius 2 is 1.83 bits per heavy atom. The topological polar surface area (TPSA) is 169 Å². The highest BCUT2D eigenvalue weighted by Gasteiger charge is 2.54. The van der Waals surface area contributed by atoms with Gasteiger partial charge in [-0.05, 0) is 0 Å². The molecule has 5 atom stereocenters. The number of esters is 3. The van der Waals surface area contributed by atoms with Crippen LogP contribution in [-0.2, 0) is 38.1 Å². The van der Waals surface area contributed by atoms with Crippen LogP contribution in [0, 0.1) is 5.41 Å². The predicted octanol–water partition coefficient (Wildman–Crippen LogP) is -1.69. The van der Waals surface area contributed by atoms with Crippen molar-refractivity contribution in [2.45, 2.75) is 51.4 Å². The van der Waals surface area contributed by atoms with Crippen molar-refractivity contribution in [1.82, 2.24) is 10.2 Å². The van der Waals surface area contributed by atoms with Crippen LogP contribution in [0.3, 0.4) is 0 Å². The summed E-state index contributed by atoms with van der Waals surface area (Å²) in [6.07, 6.45) is -3.01. The molecular weight excluding hydrogens is 390 g/mol. The van der Waals surface area contributed by atoms with Crippen LogP contribution in [0.25, 0.3) is 0 Å². The van der Waals surface area contributed by atoms with Crippen molar-refractivity contribution in [3.63, 3.8) is 0 Å². The number of guanidine groups is 1. The molecule has 0 bridgehead atoms. The average molecular weight is 409 g/mol. The van der Waals surface area contributed by atoms with E-state index < -0.39 is 54.4 Å². The van der Waals surface area contributed by atoms with Crippen molar-refractivity contribution < 1.29 is 38.1 Å². The highest BCUT2D eigenvalue weighted by Crippen LogP contribution is 2.31. The third kappa shape index (κ3) is 4.23. The van der Waals surface area contributed by atoms with E-state index in [0.29, 0.717) is 0 Å². The fourth-order valence-corrected chi connectivity index (χ4v) is 3.15. The second-order valence-corrected chi connectivity index (χ2v) is 6.40. The van der Waals surface area contributed by atoms with Crippen molar-refractivity contribution in [3.8, 4) is 0 Å². The zero-order valence-electron chi connectivity index (χ0n) is 15.8. The van der Waals surface area contributed by atoms with E-state index in [4.69, 9.17) is 24.4 Å². The number of aliphatic imine (C=N–C) groups is 2. The van der Waals surface area contributed by atoms with Crippen molar-refractivity contribution in [1.29, 1.82) is 5.41 Å². The van der Waals surface area contributed by atoms with Crippen LogP contribution in [0.4, 0.5) is 0 Å². The van der Waals surface area contributed by atoms with Crippen molar-refractivity contribution in [3.05, 3.63) is 0 Å². The number of amidine groups is 1. The molecule has 2 N–H and O–H groups in total. The van der Waals surface area contributed by atoms with Gasteiger partial charge in [-0.2, -0.15) is 4.99 Å². The molecule has 0 aromatic heterocycles. The van der Waals surface area contributed by atoms with E-state index in [1.54, 1.807) is 0 Å². The number of carbonyl (C=O) groups is 4. The maximum absolute atomic E-state index is 12.0. The molecule has 3 heterocycles. The molecule has 0 aliphatic carbocycles. The van der Waals surface area contributed by atoms with Crippen LogP contribution in [0.1, 0.15) is 20.8 Å². The summed E-state index contributed by atoms with van der Waals surface area (Å²) in [4.78, 5) is 55.8. The van der Waals surface area contributed by atoms with Gasteiger partial charge in [-0.3, -0.25) is 39.8 Å². The number of ether oxygens (including phenoxy) is 4. The Balaban J connectivity index is 1.92. The van der Waals surface area contributed by atoms with Gasteiger partial charge in [0.2, 0.25) is 5.96 Å². The molecule has 1 saturated heterocycles. The Hall–Kier alpha value is -3.35. The molecule has 0 radical (unpaired) electrons. The quantitative estimate of drug-likeness (QED) is 0.397. The summed E-state index contributed by atoms with van der Waals surface area (Å²) in [5.74, 6) is -2.74. The third-order valence-electron chi connectivity index (χ3n) is 4.18. The van der Waals surface area contributed by atoms with Gasteiger partial charge in [-0.1, -0.05) is 0 Å². The number of amides is 1. The molecular formula is C16H19N5O8. The lowest BCUT2D eigenvalue weighted by molar-refractivity contribution is -0.166. The largest absolute Gasteiger partial charge is 0.463 e. The number of carbonyl (C=O) groups excluding carboxylic acids is 4. The lowest BCUT2D eigenvalue weighted by Gasteiger charge is -2.30. The molecule has 0 aromatic carbocycles. The van der Waals surface area contributed by atoms with Gasteiger partial charge in [-0.15, -0.1) is 0 Å². The van der Waals surface area contributed by atoms with Crippen LogP contribution >= 0.6 is 0 Å². The van der Waals surface area contributed by atoms with Crippen molar-refractivity contribution >= 4 is 41.9 Å². The minimum Gasteiger partial charge on any atom is -0.463 e. The first-order valence-corrected chi connectivity index (χ1v) is 8.60. The van der Waals surface area contributed by atoms with Gasteiger partial charge in [0.25, 0.3) is 5.91 Å². The molecule has 3 aliphatic rings. The smallest absolute Gasteiger partial charge is 0.303 e. The first kappa shape index (κ1) is 20.4. The predicted molar refractivity (Wildman–Crippen MR) is 93.8 cm³/mol. The first-order chi connectivity index (χ1) is 13.7. The standard InChI is InChI=1S/C16H19N5O8/c1-6(22)26-4-9-11(27-7(2)23)12(28-8(3)24)15(29-9)21-5-18-10-13(21)19-16(17)20-14(10)25/h5,9-12,15H,4H2,1-3H3,(H2,17,20,25). The fourth-order valence-electron chi connectivity index (χ4n) is 3.15. The zero-order chi connectivity index (χ0) is 21.3. The van der Waals surface area contributed by atoms with E-state index in [9.17, 15) is 19.2 Å². The summed E-state index contributed by atoms with van der Waals surface area (Å²) in [6, 6.07) is -0.995. The second kappa shape index (κ2) is 7.95. The molecule has 3 aliphatic heterocycles. The van der Waals surface area contributed by atoms with Gasteiger partial charge in [-0.25, -0.2) is 0 Å². The SMILES string of the molecule is CC(=O)OCC1OC(N2C=NC3C(=O)NC(=N)N=C32)C(OC(C)=O)C1OC(C)=O. The number of hydrogen-bond acceptors (Lipinski definition) is 11. The number of rotatable bonds is 5. The van der Waals surface area contributed by atoms with Gasteiger partial charge in [0.1, 0.15) is 12.7 Å². The van der Waals surface area contributed by atoms with Gasteiger partial charge in [0, 0.05) is 20.8 Å². The van der Waals surface area contributed by atoms with Crippen LogP contribution in [-0.4, -0.2) is 84.0 Å². The molecule has 0 aromatic rings. The van der Waals surface area contributed by atoms with Gasteiger partial charge >= 0.3 is 17.9 Å². The normalized spacial score (nSPS) is 30.4. The summed E-state index contributed by atoms with van der Waals surface area (Å²) >= 11 is 0. The minimum atomic E-state index is -1.14. The van der Waals surface area contributed by atoms with Gasteiger partial charge in [0.15, 0.2) is 30.3 Å². The number of fused-ring (bicyclic) bond motifs is 1. The maximum Gasteiger partial charge on any atom is 0.303 e. The molecule has 156 valence electrons. The van der Waals surface area contributed by atoms with Crippen LogP contribution in [0.2, 0.25) is 0 Å². The minimum absolute atomic E-state index is 0.0932. The average Bonchev–Trinajstić information content (AvgIpc) is 3.15. The van der Waals surface area contributed by atoms with E-state index in [0.717, 1.165) is 0 Å². The number of nitrogens with zero attached hydrogens (tertiary/aromatic N) is 3. The molecule has 1 fully saturated rings. The molecule has 5 unspecified atom stereocenters. The second-order valence-electron chi connectivity index (χ2n) is 6.40. The van der Waals surface area contributed by atoms with E-state index in [2.05, 4.69) is 15.3 Å². The van der Waals surface area contributed by atoms with E-state index in [1.165, 1.54) is 32.0 Å². The molecule has 13 nitrogen and oxygen atoms in total. The Kier molecular flexibility index (Phi) is 5.59. The highest BCUT2D eigenvalue weighted by atomic mass is 16.7. The summed E-state index contributed by atoms with van der Waals surface area (Å²) < 4.78 is 21.4. The van der Waals surface area contributed by atoms with Crippen molar-refractivity contribution in [2.75, 3.05) is 6.61 Å². The molecule has 0 spiro atoms. The van der Waals surface area contributed by atoms with Gasteiger partial charge < -0.3 is 18.9 Å². The molecule has 3 rings (SSSR count). The van der Waals surface area contributed by atoms with Crippen LogP contribution in [0.15, 0.2) is 9.98 Å². The van der Waals surface area contributed by atoms with Gasteiger partial charge in [0.05, 0.1) is 6.34 Å². The van der Waals surface area contributed by atoms with E-state index in [-0.39, 0.29) is 18.4 Å². The Morgan fingerprint density at radius 1 is 1.17 bits per heavy atom. The van der Waals surface area contributed by atoms with E-state index >= 15 is 0 Å². The molecule has 13 heteroatoms. The number of hydrogen-bond donors (Lipinski definition) is 2. The maximum atomic E-state index is 12.0. The fraction of sp³-hybridized carbons (Fsp3) is 0.562. The Morgan fingerprint density at radius 3 is 2.45 bits per heavy atom. The summed E-state index contributed by atoms with van der Waals surface area (Å²) in [6.45, 7) is 3.28. The summed E-state index contributed by atoms with van der Waals surface area (Å²) in [5.41, 5.74) is 0. The lowest BCUT2D eigenvalue weighted by Crippen LogP contribution is -2.54. The lowest BCUT2D eigenvalue weighted by atomic mass is 10.1. The molecule has 1 amide bonds.